The molecule has 4 nitrogen and oxygen atoms in total. The third-order valence-electron chi connectivity index (χ3n) is 4.31. The Labute approximate surface area is 141 Å². The fraction of sp³-hybridized carbons (Fsp3) is 0.500. The number of anilines is 1. The number of benzene rings is 1. The number of carbonyl (C=O) groups is 1. The predicted octanol–water partition coefficient (Wildman–Crippen LogP) is 3.68. The van der Waals surface area contributed by atoms with Crippen LogP contribution in [0.4, 0.5) is 5.69 Å². The van der Waals surface area contributed by atoms with Crippen LogP contribution in [0.25, 0.3) is 10.2 Å². The maximum absolute atomic E-state index is 12.2. The van der Waals surface area contributed by atoms with Crippen LogP contribution in [0, 0.1) is 11.8 Å². The second-order valence-electron chi connectivity index (χ2n) is 5.85. The minimum atomic E-state index is 0. The normalized spacial score (nSPS) is 17.0. The molecule has 1 aliphatic rings. The molecule has 1 saturated heterocycles. The van der Waals surface area contributed by atoms with Crippen molar-refractivity contribution in [1.29, 1.82) is 0 Å². The summed E-state index contributed by atoms with van der Waals surface area (Å²) in [5.41, 5.74) is 3.62. The van der Waals surface area contributed by atoms with E-state index in [0.29, 0.717) is 18.3 Å². The molecule has 1 aromatic heterocycles. The van der Waals surface area contributed by atoms with Crippen molar-refractivity contribution >= 4 is 45.6 Å². The summed E-state index contributed by atoms with van der Waals surface area (Å²) in [5, 5.41) is 6.37. The zero-order valence-corrected chi connectivity index (χ0v) is 14.3. The van der Waals surface area contributed by atoms with Gasteiger partial charge in [-0.2, -0.15) is 0 Å². The fourth-order valence-electron chi connectivity index (χ4n) is 3.02. The number of hydrogen-bond donors (Lipinski definition) is 2. The van der Waals surface area contributed by atoms with E-state index in [1.807, 2.05) is 23.7 Å². The maximum Gasteiger partial charge on any atom is 0.224 e. The molecule has 22 heavy (non-hydrogen) atoms. The molecular weight excluding hydrogens is 318 g/mol. The van der Waals surface area contributed by atoms with Crippen LogP contribution in [0.1, 0.15) is 26.2 Å². The molecule has 0 bridgehead atoms. The van der Waals surface area contributed by atoms with Crippen molar-refractivity contribution in [2.24, 2.45) is 11.8 Å². The van der Waals surface area contributed by atoms with Gasteiger partial charge in [-0.1, -0.05) is 6.92 Å². The molecule has 2 aromatic rings. The number of hydrogen-bond acceptors (Lipinski definition) is 4. The lowest BCUT2D eigenvalue weighted by Gasteiger charge is -2.27. The van der Waals surface area contributed by atoms with Crippen molar-refractivity contribution in [3.05, 3.63) is 23.7 Å². The first-order valence-electron chi connectivity index (χ1n) is 7.56. The first-order chi connectivity index (χ1) is 10.2. The first-order valence-corrected chi connectivity index (χ1v) is 8.44. The first kappa shape index (κ1) is 17.2. The molecule has 0 saturated carbocycles. The van der Waals surface area contributed by atoms with Crippen molar-refractivity contribution in [2.75, 3.05) is 18.4 Å². The Bertz CT molecular complexity index is 625. The van der Waals surface area contributed by atoms with Crippen molar-refractivity contribution in [1.82, 2.24) is 10.3 Å². The van der Waals surface area contributed by atoms with Crippen LogP contribution in [0.5, 0.6) is 0 Å². The lowest BCUT2D eigenvalue weighted by molar-refractivity contribution is -0.117. The molecule has 1 aromatic carbocycles. The number of rotatable bonds is 4. The number of nitrogens with one attached hydrogen (secondary N) is 2. The molecule has 1 unspecified atom stereocenters. The summed E-state index contributed by atoms with van der Waals surface area (Å²) in [7, 11) is 0. The Kier molecular flexibility index (Phi) is 6.17. The quantitative estimate of drug-likeness (QED) is 0.893. The lowest BCUT2D eigenvalue weighted by atomic mass is 9.84. The molecule has 1 atom stereocenters. The zero-order chi connectivity index (χ0) is 14.7. The minimum absolute atomic E-state index is 0. The van der Waals surface area contributed by atoms with Crippen LogP contribution in [0.3, 0.4) is 0 Å². The van der Waals surface area contributed by atoms with E-state index in [1.165, 1.54) is 12.8 Å². The van der Waals surface area contributed by atoms with Crippen molar-refractivity contribution < 1.29 is 4.79 Å². The van der Waals surface area contributed by atoms with Gasteiger partial charge in [-0.25, -0.2) is 4.98 Å². The van der Waals surface area contributed by atoms with Gasteiger partial charge in [-0.3, -0.25) is 4.79 Å². The Hall–Kier alpha value is -1.17. The molecule has 0 aliphatic carbocycles. The van der Waals surface area contributed by atoms with Crippen molar-refractivity contribution in [3.63, 3.8) is 0 Å². The van der Waals surface area contributed by atoms with Gasteiger partial charge in [-0.15, -0.1) is 23.7 Å². The van der Waals surface area contributed by atoms with Gasteiger partial charge in [0.05, 0.1) is 15.7 Å². The van der Waals surface area contributed by atoms with E-state index in [0.717, 1.165) is 29.0 Å². The van der Waals surface area contributed by atoms with Crippen LogP contribution in [0.15, 0.2) is 23.7 Å². The average molecular weight is 340 g/mol. The highest BCUT2D eigenvalue weighted by molar-refractivity contribution is 7.16. The Balaban J connectivity index is 0.00000176. The van der Waals surface area contributed by atoms with Gasteiger partial charge in [-0.05, 0) is 56.0 Å². The van der Waals surface area contributed by atoms with Gasteiger partial charge >= 0.3 is 0 Å². The van der Waals surface area contributed by atoms with Crippen molar-refractivity contribution in [3.8, 4) is 0 Å². The highest BCUT2D eigenvalue weighted by Gasteiger charge is 2.22. The van der Waals surface area contributed by atoms with Gasteiger partial charge in [0.1, 0.15) is 0 Å². The molecule has 1 aliphatic heterocycles. The summed E-state index contributed by atoms with van der Waals surface area (Å²) in [6.07, 6.45) is 2.96. The number of carbonyl (C=O) groups excluding carboxylic acids is 1. The molecule has 6 heteroatoms. The van der Waals surface area contributed by atoms with E-state index in [-0.39, 0.29) is 18.3 Å². The van der Waals surface area contributed by atoms with Crippen molar-refractivity contribution in [2.45, 2.75) is 26.2 Å². The summed E-state index contributed by atoms with van der Waals surface area (Å²) in [5.74, 6) is 1.21. The number of amides is 1. The largest absolute Gasteiger partial charge is 0.326 e. The lowest BCUT2D eigenvalue weighted by Crippen LogP contribution is -2.32. The molecule has 0 spiro atoms. The minimum Gasteiger partial charge on any atom is -0.326 e. The van der Waals surface area contributed by atoms with Crippen LogP contribution in [-0.4, -0.2) is 24.0 Å². The molecule has 120 valence electrons. The number of halogens is 1. The molecule has 3 rings (SSSR count). The predicted molar refractivity (Wildman–Crippen MR) is 94.9 cm³/mol. The van der Waals surface area contributed by atoms with Gasteiger partial charge in [0, 0.05) is 12.1 Å². The number of fused-ring (bicyclic) bond motifs is 1. The summed E-state index contributed by atoms with van der Waals surface area (Å²) in [6, 6.07) is 5.91. The summed E-state index contributed by atoms with van der Waals surface area (Å²) in [4.78, 5) is 16.5. The third-order valence-corrected chi connectivity index (χ3v) is 5.12. The number of thiazole rings is 1. The molecule has 1 amide bonds. The molecule has 2 heterocycles. The molecule has 0 radical (unpaired) electrons. The van der Waals surface area contributed by atoms with Crippen LogP contribution < -0.4 is 10.6 Å². The van der Waals surface area contributed by atoms with E-state index < -0.39 is 0 Å². The summed E-state index contributed by atoms with van der Waals surface area (Å²) >= 11 is 1.61. The average Bonchev–Trinajstić information content (AvgIpc) is 2.95. The Morgan fingerprint density at radius 3 is 3.00 bits per heavy atom. The Morgan fingerprint density at radius 2 is 2.23 bits per heavy atom. The summed E-state index contributed by atoms with van der Waals surface area (Å²) < 4.78 is 1.15. The van der Waals surface area contributed by atoms with Gasteiger partial charge in [0.25, 0.3) is 0 Å². The van der Waals surface area contributed by atoms with E-state index in [4.69, 9.17) is 0 Å². The van der Waals surface area contributed by atoms with E-state index in [9.17, 15) is 4.79 Å². The van der Waals surface area contributed by atoms with Crippen LogP contribution in [-0.2, 0) is 4.79 Å². The highest BCUT2D eigenvalue weighted by atomic mass is 35.5. The fourth-order valence-corrected chi connectivity index (χ4v) is 3.68. The van der Waals surface area contributed by atoms with E-state index >= 15 is 0 Å². The molecule has 2 N–H and O–H groups in total. The topological polar surface area (TPSA) is 54.0 Å². The van der Waals surface area contributed by atoms with Crippen LogP contribution in [0.2, 0.25) is 0 Å². The molecule has 1 fully saturated rings. The zero-order valence-electron chi connectivity index (χ0n) is 12.7. The smallest absolute Gasteiger partial charge is 0.224 e. The summed E-state index contributed by atoms with van der Waals surface area (Å²) in [6.45, 7) is 4.35. The van der Waals surface area contributed by atoms with Crippen LogP contribution >= 0.6 is 23.7 Å². The highest BCUT2D eigenvalue weighted by Crippen LogP contribution is 2.25. The van der Waals surface area contributed by atoms with E-state index in [2.05, 4.69) is 22.5 Å². The van der Waals surface area contributed by atoms with Gasteiger partial charge in [0.2, 0.25) is 5.91 Å². The van der Waals surface area contributed by atoms with Gasteiger partial charge in [0.15, 0.2) is 0 Å². The SMILES string of the molecule is CC(CC(=O)Nc1ccc2scnc2c1)C1CCNCC1.Cl. The Morgan fingerprint density at radius 1 is 1.45 bits per heavy atom. The number of piperidine rings is 1. The monoisotopic (exact) mass is 339 g/mol. The maximum atomic E-state index is 12.2. The van der Waals surface area contributed by atoms with Gasteiger partial charge < -0.3 is 10.6 Å². The second-order valence-corrected chi connectivity index (χ2v) is 6.74. The van der Waals surface area contributed by atoms with E-state index in [1.54, 1.807) is 11.3 Å². The third kappa shape index (κ3) is 4.18. The second kappa shape index (κ2) is 7.90. The number of aromatic nitrogens is 1. The number of nitrogens with zero attached hydrogens (tertiary/aromatic N) is 1. The standard InChI is InChI=1S/C16H21N3OS.ClH/c1-11(12-4-6-17-7-5-12)8-16(20)19-13-2-3-15-14(9-13)18-10-21-15;/h2-3,9-12,17H,4-8H2,1H3,(H,19,20);1H. The molecular formula is C16H22ClN3OS.